The van der Waals surface area contributed by atoms with E-state index < -0.39 is 5.60 Å². The maximum absolute atomic E-state index is 11.8. The lowest BCUT2D eigenvalue weighted by molar-refractivity contribution is -0.145. The molecule has 0 saturated heterocycles. The Labute approximate surface area is 188 Å². The summed E-state index contributed by atoms with van der Waals surface area (Å²) in [5.74, 6) is -0.148. The number of nitrogens with zero attached hydrogens (tertiary/aromatic N) is 1. The third-order valence-corrected chi connectivity index (χ3v) is 4.25. The lowest BCUT2D eigenvalue weighted by atomic mass is 10.1. The Kier molecular flexibility index (Phi) is 18.5. The molecule has 0 fully saturated rings. The van der Waals surface area contributed by atoms with Gasteiger partial charge in [0, 0.05) is 20.0 Å². The molecule has 0 bridgehead atoms. The van der Waals surface area contributed by atoms with Crippen molar-refractivity contribution in [2.45, 2.75) is 78.2 Å². The maximum Gasteiger partial charge on any atom is 0.410 e. The first-order chi connectivity index (χ1) is 14.8. The average Bonchev–Trinajstić information content (AvgIpc) is 2.69. The lowest BCUT2D eigenvalue weighted by Crippen LogP contribution is -2.36. The Morgan fingerprint density at radius 1 is 0.742 bits per heavy atom. The molecule has 184 valence electrons. The van der Waals surface area contributed by atoms with Crippen molar-refractivity contribution in [3.63, 3.8) is 0 Å². The molecule has 0 heterocycles. The Bertz CT molecular complexity index is 452. The summed E-state index contributed by atoms with van der Waals surface area (Å²) < 4.78 is 26.6. The molecule has 31 heavy (non-hydrogen) atoms. The molecule has 0 aromatic heterocycles. The number of rotatable bonds is 19. The van der Waals surface area contributed by atoms with Gasteiger partial charge in [-0.1, -0.05) is 39.0 Å². The van der Waals surface area contributed by atoms with Crippen LogP contribution >= 0.6 is 0 Å². The van der Waals surface area contributed by atoms with Crippen molar-refractivity contribution in [1.82, 2.24) is 4.90 Å². The first-order valence-corrected chi connectivity index (χ1v) is 11.6. The van der Waals surface area contributed by atoms with Gasteiger partial charge in [-0.25, -0.2) is 4.79 Å². The van der Waals surface area contributed by atoms with Crippen LogP contribution in [-0.4, -0.2) is 82.4 Å². The number of likely N-dealkylation sites (N-methyl/N-ethyl adjacent to an activating group) is 1. The van der Waals surface area contributed by atoms with E-state index in [1.165, 1.54) is 30.6 Å². The second-order valence-electron chi connectivity index (χ2n) is 8.48. The van der Waals surface area contributed by atoms with Gasteiger partial charge in [-0.3, -0.25) is 4.79 Å². The van der Waals surface area contributed by atoms with E-state index in [4.69, 9.17) is 23.7 Å². The minimum absolute atomic E-state index is 0.148. The quantitative estimate of drug-likeness (QED) is 0.217. The largest absolute Gasteiger partial charge is 0.463 e. The van der Waals surface area contributed by atoms with Crippen LogP contribution in [0.3, 0.4) is 0 Å². The van der Waals surface area contributed by atoms with E-state index in [2.05, 4.69) is 6.92 Å². The van der Waals surface area contributed by atoms with Gasteiger partial charge in [0.15, 0.2) is 0 Å². The van der Waals surface area contributed by atoms with Gasteiger partial charge in [-0.05, 0) is 27.2 Å². The number of carbonyl (C=O) groups is 2. The van der Waals surface area contributed by atoms with Crippen LogP contribution in [0.4, 0.5) is 4.79 Å². The molecule has 0 aromatic rings. The highest BCUT2D eigenvalue weighted by Crippen LogP contribution is 2.09. The highest BCUT2D eigenvalue weighted by Gasteiger charge is 2.19. The number of unbranched alkanes of at least 4 members (excludes halogenated alkanes) is 5. The standard InChI is InChI=1S/C23H45NO7/c1-6-7-8-9-10-11-12-21(25)30-20-19-29-18-17-28-16-15-27-14-13-24(5)22(26)31-23(2,3)4/h6-20H2,1-5H3. The summed E-state index contributed by atoms with van der Waals surface area (Å²) in [6.07, 6.45) is 7.06. The van der Waals surface area contributed by atoms with Crippen LogP contribution in [-0.2, 0) is 28.5 Å². The van der Waals surface area contributed by atoms with E-state index in [9.17, 15) is 9.59 Å². The summed E-state index contributed by atoms with van der Waals surface area (Å²) in [6, 6.07) is 0. The predicted molar refractivity (Wildman–Crippen MR) is 120 cm³/mol. The van der Waals surface area contributed by atoms with Crippen LogP contribution in [0.25, 0.3) is 0 Å². The summed E-state index contributed by atoms with van der Waals surface area (Å²) in [7, 11) is 1.68. The second-order valence-corrected chi connectivity index (χ2v) is 8.48. The van der Waals surface area contributed by atoms with E-state index in [-0.39, 0.29) is 18.7 Å². The zero-order valence-corrected chi connectivity index (χ0v) is 20.4. The van der Waals surface area contributed by atoms with Gasteiger partial charge in [0.2, 0.25) is 0 Å². The Morgan fingerprint density at radius 3 is 1.84 bits per heavy atom. The van der Waals surface area contributed by atoms with Gasteiger partial charge in [-0.15, -0.1) is 0 Å². The summed E-state index contributed by atoms with van der Waals surface area (Å²) in [5.41, 5.74) is -0.503. The van der Waals surface area contributed by atoms with Crippen molar-refractivity contribution < 1.29 is 33.3 Å². The summed E-state index contributed by atoms with van der Waals surface area (Å²) in [6.45, 7) is 11.0. The maximum atomic E-state index is 11.8. The summed E-state index contributed by atoms with van der Waals surface area (Å²) in [5, 5.41) is 0. The monoisotopic (exact) mass is 447 g/mol. The predicted octanol–water partition coefficient (Wildman–Crippen LogP) is 4.20. The minimum Gasteiger partial charge on any atom is -0.463 e. The molecule has 0 saturated carbocycles. The highest BCUT2D eigenvalue weighted by molar-refractivity contribution is 5.69. The van der Waals surface area contributed by atoms with E-state index in [1.54, 1.807) is 7.05 Å². The molecular formula is C23H45NO7. The number of carbonyl (C=O) groups excluding carboxylic acids is 2. The van der Waals surface area contributed by atoms with E-state index in [0.717, 1.165) is 12.8 Å². The van der Waals surface area contributed by atoms with Gasteiger partial charge in [0.25, 0.3) is 0 Å². The first-order valence-electron chi connectivity index (χ1n) is 11.6. The fourth-order valence-electron chi connectivity index (χ4n) is 2.51. The zero-order chi connectivity index (χ0) is 23.4. The highest BCUT2D eigenvalue weighted by atomic mass is 16.6. The van der Waals surface area contributed by atoms with Gasteiger partial charge < -0.3 is 28.6 Å². The summed E-state index contributed by atoms with van der Waals surface area (Å²) >= 11 is 0. The molecule has 0 N–H and O–H groups in total. The number of hydrogen-bond donors (Lipinski definition) is 0. The van der Waals surface area contributed by atoms with Crippen molar-refractivity contribution in [1.29, 1.82) is 0 Å². The third kappa shape index (κ3) is 21.6. The lowest BCUT2D eigenvalue weighted by Gasteiger charge is -2.24. The van der Waals surface area contributed by atoms with Gasteiger partial charge in [0.05, 0.1) is 39.6 Å². The molecule has 0 rings (SSSR count). The number of esters is 1. The van der Waals surface area contributed by atoms with Crippen LogP contribution in [0.2, 0.25) is 0 Å². The molecule has 0 aliphatic carbocycles. The third-order valence-electron chi connectivity index (χ3n) is 4.25. The smallest absolute Gasteiger partial charge is 0.410 e. The van der Waals surface area contributed by atoms with E-state index in [0.29, 0.717) is 52.6 Å². The minimum atomic E-state index is -0.503. The Hall–Kier alpha value is -1.38. The van der Waals surface area contributed by atoms with Crippen LogP contribution in [0.5, 0.6) is 0 Å². The average molecular weight is 448 g/mol. The summed E-state index contributed by atoms with van der Waals surface area (Å²) in [4.78, 5) is 24.9. The molecule has 8 nitrogen and oxygen atoms in total. The molecule has 1 amide bonds. The molecular weight excluding hydrogens is 402 g/mol. The van der Waals surface area contributed by atoms with Gasteiger partial charge >= 0.3 is 12.1 Å². The van der Waals surface area contributed by atoms with Crippen molar-refractivity contribution in [2.24, 2.45) is 0 Å². The number of amides is 1. The molecule has 8 heteroatoms. The molecule has 0 aromatic carbocycles. The molecule has 0 aliphatic rings. The Balaban J connectivity index is 3.34. The van der Waals surface area contributed by atoms with Crippen molar-refractivity contribution >= 4 is 12.1 Å². The van der Waals surface area contributed by atoms with E-state index >= 15 is 0 Å². The van der Waals surface area contributed by atoms with Gasteiger partial charge in [0.1, 0.15) is 12.2 Å². The number of ether oxygens (including phenoxy) is 5. The molecule has 0 radical (unpaired) electrons. The van der Waals surface area contributed by atoms with Crippen LogP contribution in [0.15, 0.2) is 0 Å². The van der Waals surface area contributed by atoms with Crippen molar-refractivity contribution in [3.8, 4) is 0 Å². The van der Waals surface area contributed by atoms with Crippen molar-refractivity contribution in [2.75, 3.05) is 59.8 Å². The van der Waals surface area contributed by atoms with Crippen LogP contribution in [0, 0.1) is 0 Å². The Morgan fingerprint density at radius 2 is 1.26 bits per heavy atom. The molecule has 0 aliphatic heterocycles. The first kappa shape index (κ1) is 29.6. The normalized spacial score (nSPS) is 11.4. The molecule has 0 atom stereocenters. The molecule has 0 unspecified atom stereocenters. The van der Waals surface area contributed by atoms with Gasteiger partial charge in [-0.2, -0.15) is 0 Å². The van der Waals surface area contributed by atoms with Crippen LogP contribution < -0.4 is 0 Å². The zero-order valence-electron chi connectivity index (χ0n) is 20.4. The fourth-order valence-corrected chi connectivity index (χ4v) is 2.51. The van der Waals surface area contributed by atoms with Crippen LogP contribution in [0.1, 0.15) is 72.6 Å². The van der Waals surface area contributed by atoms with E-state index in [1.807, 2.05) is 20.8 Å². The van der Waals surface area contributed by atoms with Crippen molar-refractivity contribution in [3.05, 3.63) is 0 Å². The SMILES string of the molecule is CCCCCCCCC(=O)OCCOCCOCCOCCN(C)C(=O)OC(C)(C)C. The number of hydrogen-bond acceptors (Lipinski definition) is 7. The molecule has 0 spiro atoms. The fraction of sp³-hybridized carbons (Fsp3) is 0.913. The topological polar surface area (TPSA) is 83.5 Å². The second kappa shape index (κ2) is 19.3.